The topological polar surface area (TPSA) is 99.0 Å². The van der Waals surface area contributed by atoms with Gasteiger partial charge < -0.3 is 24.0 Å². The van der Waals surface area contributed by atoms with Crippen molar-refractivity contribution in [2.45, 2.75) is 51.9 Å². The SMILES string of the molecule is COCc1cnn(-c2ccc(CN(C(=O)C3CCC(OCCN(C)C)CC3)c3cccc(/C=C/C(=O)OC)c3)c(C)n2)c1. The summed E-state index contributed by atoms with van der Waals surface area (Å²) in [4.78, 5) is 34.6. The van der Waals surface area contributed by atoms with Gasteiger partial charge in [-0.1, -0.05) is 18.2 Å². The molecule has 10 nitrogen and oxygen atoms in total. The standard InChI is InChI=1S/C33H43N5O5/c1-24-28(12-15-31(35-24)38-21-26(20-34-38)23-41-4)22-37(29-8-6-7-25(19-29)9-16-32(39)42-5)33(40)27-10-13-30(14-11-27)43-18-17-36(2)3/h6-9,12,15-16,19-21,27,30H,10-11,13-14,17-18,22-23H2,1-5H3/b16-9+. The van der Waals surface area contributed by atoms with E-state index in [1.807, 2.05) is 68.5 Å². The van der Waals surface area contributed by atoms with Gasteiger partial charge in [0.2, 0.25) is 5.91 Å². The second-order valence-electron chi connectivity index (χ2n) is 11.2. The van der Waals surface area contributed by atoms with Crippen LogP contribution in [0.5, 0.6) is 0 Å². The first-order valence-electron chi connectivity index (χ1n) is 14.7. The number of carbonyl (C=O) groups excluding carboxylic acids is 2. The van der Waals surface area contributed by atoms with E-state index in [9.17, 15) is 9.59 Å². The van der Waals surface area contributed by atoms with Crippen molar-refractivity contribution in [3.05, 3.63) is 77.3 Å². The summed E-state index contributed by atoms with van der Waals surface area (Å²) in [6, 6.07) is 11.6. The summed E-state index contributed by atoms with van der Waals surface area (Å²) in [5, 5.41) is 4.41. The fourth-order valence-electron chi connectivity index (χ4n) is 5.19. The van der Waals surface area contributed by atoms with Crippen molar-refractivity contribution in [3.8, 4) is 5.82 Å². The minimum absolute atomic E-state index is 0.0839. The molecule has 1 fully saturated rings. The molecule has 230 valence electrons. The highest BCUT2D eigenvalue weighted by Crippen LogP contribution is 2.31. The van der Waals surface area contributed by atoms with Crippen molar-refractivity contribution in [2.75, 3.05) is 46.4 Å². The molecule has 0 saturated heterocycles. The molecule has 0 spiro atoms. The Labute approximate surface area is 254 Å². The minimum atomic E-state index is -0.434. The molecule has 2 heterocycles. The maximum absolute atomic E-state index is 14.1. The van der Waals surface area contributed by atoms with Gasteiger partial charge in [-0.05, 0) is 82.1 Å². The third-order valence-electron chi connectivity index (χ3n) is 7.67. The molecule has 0 bridgehead atoms. The second-order valence-corrected chi connectivity index (χ2v) is 11.2. The Kier molecular flexibility index (Phi) is 11.6. The molecule has 0 N–H and O–H groups in total. The molecule has 2 aromatic heterocycles. The molecule has 1 aliphatic rings. The van der Waals surface area contributed by atoms with Crippen molar-refractivity contribution >= 4 is 23.6 Å². The van der Waals surface area contributed by atoms with Crippen molar-refractivity contribution in [1.82, 2.24) is 19.7 Å². The summed E-state index contributed by atoms with van der Waals surface area (Å²) in [6.07, 6.45) is 10.2. The number of likely N-dealkylation sites (N-methyl/N-ethyl adjacent to an activating group) is 1. The average molecular weight is 590 g/mol. The number of anilines is 1. The number of rotatable bonds is 13. The number of ether oxygens (including phenoxy) is 3. The normalized spacial score (nSPS) is 17.0. The molecule has 0 aliphatic heterocycles. The number of hydrogen-bond donors (Lipinski definition) is 0. The molecular weight excluding hydrogens is 546 g/mol. The first kappa shape index (κ1) is 32.1. The van der Waals surface area contributed by atoms with Crippen LogP contribution in [0.1, 0.15) is 48.1 Å². The summed E-state index contributed by atoms with van der Waals surface area (Å²) in [6.45, 7) is 4.38. The van der Waals surface area contributed by atoms with E-state index in [1.54, 1.807) is 24.1 Å². The predicted molar refractivity (Wildman–Crippen MR) is 166 cm³/mol. The van der Waals surface area contributed by atoms with Gasteiger partial charge in [0.1, 0.15) is 0 Å². The molecule has 3 aromatic rings. The summed E-state index contributed by atoms with van der Waals surface area (Å²) >= 11 is 0. The fraction of sp³-hybridized carbons (Fsp3) is 0.455. The van der Waals surface area contributed by atoms with E-state index < -0.39 is 5.97 Å². The Hall–Kier alpha value is -3.86. The van der Waals surface area contributed by atoms with Crippen LogP contribution < -0.4 is 4.90 Å². The monoisotopic (exact) mass is 589 g/mol. The Bertz CT molecular complexity index is 1390. The van der Waals surface area contributed by atoms with Gasteiger partial charge in [0.25, 0.3) is 0 Å². The lowest BCUT2D eigenvalue weighted by atomic mass is 9.86. The van der Waals surface area contributed by atoms with E-state index in [2.05, 4.69) is 10.00 Å². The third kappa shape index (κ3) is 9.06. The number of carbonyl (C=O) groups is 2. The lowest BCUT2D eigenvalue weighted by Crippen LogP contribution is -2.39. The molecule has 0 atom stereocenters. The van der Waals surface area contributed by atoms with Crippen LogP contribution in [0, 0.1) is 12.8 Å². The van der Waals surface area contributed by atoms with Crippen LogP contribution >= 0.6 is 0 Å². The highest BCUT2D eigenvalue weighted by Gasteiger charge is 2.31. The van der Waals surface area contributed by atoms with Gasteiger partial charge in [-0.2, -0.15) is 5.10 Å². The third-order valence-corrected chi connectivity index (χ3v) is 7.67. The van der Waals surface area contributed by atoms with Gasteiger partial charge in [-0.3, -0.25) is 4.79 Å². The first-order valence-corrected chi connectivity index (χ1v) is 14.7. The van der Waals surface area contributed by atoms with Crippen LogP contribution in [0.4, 0.5) is 5.69 Å². The maximum atomic E-state index is 14.1. The van der Waals surface area contributed by atoms with Crippen LogP contribution in [0.3, 0.4) is 0 Å². The van der Waals surface area contributed by atoms with Gasteiger partial charge in [-0.15, -0.1) is 0 Å². The molecule has 1 aromatic carbocycles. The van der Waals surface area contributed by atoms with Gasteiger partial charge in [0.15, 0.2) is 5.82 Å². The average Bonchev–Trinajstić information content (AvgIpc) is 3.48. The van der Waals surface area contributed by atoms with Crippen molar-refractivity contribution in [1.29, 1.82) is 0 Å². The Balaban J connectivity index is 1.55. The summed E-state index contributed by atoms with van der Waals surface area (Å²) in [5.74, 6) is 0.250. The zero-order chi connectivity index (χ0) is 30.8. The summed E-state index contributed by atoms with van der Waals surface area (Å²) < 4.78 is 17.7. The lowest BCUT2D eigenvalue weighted by Gasteiger charge is -2.33. The Morgan fingerprint density at radius 2 is 1.88 bits per heavy atom. The molecule has 1 amide bonds. The van der Waals surface area contributed by atoms with Gasteiger partial charge in [0, 0.05) is 48.8 Å². The molecule has 1 saturated carbocycles. The number of esters is 1. The number of hydrogen-bond acceptors (Lipinski definition) is 8. The van der Waals surface area contributed by atoms with Crippen molar-refractivity contribution in [2.24, 2.45) is 5.92 Å². The molecule has 4 rings (SSSR count). The number of methoxy groups -OCH3 is 2. The van der Waals surface area contributed by atoms with Gasteiger partial charge in [-0.25, -0.2) is 14.5 Å². The number of benzene rings is 1. The van der Waals surface area contributed by atoms with Crippen LogP contribution in [-0.4, -0.2) is 79.1 Å². The largest absolute Gasteiger partial charge is 0.466 e. The van der Waals surface area contributed by atoms with Crippen molar-refractivity contribution < 1.29 is 23.8 Å². The molecule has 1 aliphatic carbocycles. The van der Waals surface area contributed by atoms with E-state index in [0.717, 1.165) is 60.3 Å². The summed E-state index contributed by atoms with van der Waals surface area (Å²) in [5.41, 5.74) is 4.29. The quantitative estimate of drug-likeness (QED) is 0.211. The lowest BCUT2D eigenvalue weighted by molar-refractivity contribution is -0.134. The molecule has 10 heteroatoms. The maximum Gasteiger partial charge on any atom is 0.330 e. The second kappa shape index (κ2) is 15.6. The number of pyridine rings is 1. The zero-order valence-electron chi connectivity index (χ0n) is 25.9. The summed E-state index contributed by atoms with van der Waals surface area (Å²) in [7, 11) is 7.07. The molecule has 0 radical (unpaired) electrons. The van der Waals surface area contributed by atoms with E-state index in [0.29, 0.717) is 25.6 Å². The number of nitrogens with zero attached hydrogens (tertiary/aromatic N) is 5. The number of aromatic nitrogens is 3. The Morgan fingerprint density at radius 3 is 2.58 bits per heavy atom. The van der Waals surface area contributed by atoms with Crippen LogP contribution in [0.25, 0.3) is 11.9 Å². The highest BCUT2D eigenvalue weighted by atomic mass is 16.5. The minimum Gasteiger partial charge on any atom is -0.466 e. The van der Waals surface area contributed by atoms with E-state index in [1.165, 1.54) is 13.2 Å². The smallest absolute Gasteiger partial charge is 0.330 e. The predicted octanol–water partition coefficient (Wildman–Crippen LogP) is 4.58. The molecular formula is C33H43N5O5. The van der Waals surface area contributed by atoms with Crippen LogP contribution in [0.15, 0.2) is 54.9 Å². The fourth-order valence-corrected chi connectivity index (χ4v) is 5.19. The van der Waals surface area contributed by atoms with Gasteiger partial charge in [0.05, 0.1) is 39.2 Å². The van der Waals surface area contributed by atoms with E-state index in [-0.39, 0.29) is 17.9 Å². The van der Waals surface area contributed by atoms with E-state index >= 15 is 0 Å². The zero-order valence-corrected chi connectivity index (χ0v) is 25.9. The Morgan fingerprint density at radius 1 is 1.09 bits per heavy atom. The van der Waals surface area contributed by atoms with Crippen molar-refractivity contribution in [3.63, 3.8) is 0 Å². The number of amides is 1. The van der Waals surface area contributed by atoms with Crippen LogP contribution in [0.2, 0.25) is 0 Å². The van der Waals surface area contributed by atoms with Gasteiger partial charge >= 0.3 is 5.97 Å². The van der Waals surface area contributed by atoms with E-state index in [4.69, 9.17) is 19.2 Å². The van der Waals surface area contributed by atoms with Crippen LogP contribution in [-0.2, 0) is 37.0 Å². The first-order chi connectivity index (χ1) is 20.8. The highest BCUT2D eigenvalue weighted by molar-refractivity contribution is 5.95. The number of aryl methyl sites for hydroxylation is 1. The molecule has 0 unspecified atom stereocenters. The molecule has 43 heavy (non-hydrogen) atoms.